The molecule has 1 saturated heterocycles. The summed E-state index contributed by atoms with van der Waals surface area (Å²) in [5.41, 5.74) is 4.78. The van der Waals surface area contributed by atoms with Gasteiger partial charge in [0.2, 0.25) is 0 Å². The van der Waals surface area contributed by atoms with E-state index in [-0.39, 0.29) is 5.91 Å². The molecule has 5 heteroatoms. The second kappa shape index (κ2) is 8.32. The van der Waals surface area contributed by atoms with Crippen LogP contribution in [-0.2, 0) is 6.42 Å². The average Bonchev–Trinajstić information content (AvgIpc) is 2.69. The van der Waals surface area contributed by atoms with Crippen molar-refractivity contribution in [2.45, 2.75) is 27.2 Å². The summed E-state index contributed by atoms with van der Waals surface area (Å²) in [6.45, 7) is 11.4. The van der Waals surface area contributed by atoms with Crippen molar-refractivity contribution in [3.63, 3.8) is 0 Å². The molecular formula is C21H28N4O. The molecule has 5 nitrogen and oxygen atoms in total. The maximum absolute atomic E-state index is 12.8. The molecule has 1 fully saturated rings. The highest BCUT2D eigenvalue weighted by atomic mass is 16.1. The highest BCUT2D eigenvalue weighted by molar-refractivity contribution is 6.05. The summed E-state index contributed by atoms with van der Waals surface area (Å²) in [6, 6.07) is 8.07. The van der Waals surface area contributed by atoms with E-state index in [0.717, 1.165) is 61.6 Å². The molecule has 0 spiro atoms. The van der Waals surface area contributed by atoms with E-state index in [9.17, 15) is 4.79 Å². The highest BCUT2D eigenvalue weighted by Gasteiger charge is 2.18. The molecule has 0 bridgehead atoms. The van der Waals surface area contributed by atoms with Gasteiger partial charge in [-0.05, 0) is 37.1 Å². The van der Waals surface area contributed by atoms with Crippen molar-refractivity contribution in [2.24, 2.45) is 0 Å². The number of likely N-dealkylation sites (N-methyl/N-ethyl adjacent to an activating group) is 1. The Balaban J connectivity index is 1.75. The quantitative estimate of drug-likeness (QED) is 0.896. The van der Waals surface area contributed by atoms with Crippen LogP contribution in [0.15, 0.2) is 36.7 Å². The number of rotatable bonds is 5. The number of hydrogen-bond acceptors (Lipinski definition) is 4. The smallest absolute Gasteiger partial charge is 0.257 e. The van der Waals surface area contributed by atoms with Gasteiger partial charge < -0.3 is 15.1 Å². The van der Waals surface area contributed by atoms with Crippen LogP contribution in [0.1, 0.15) is 35.3 Å². The zero-order valence-electron chi connectivity index (χ0n) is 16.0. The fourth-order valence-electron chi connectivity index (χ4n) is 3.43. The Labute approximate surface area is 156 Å². The molecule has 1 aromatic carbocycles. The van der Waals surface area contributed by atoms with Gasteiger partial charge in [-0.25, -0.2) is 0 Å². The lowest BCUT2D eigenvalue weighted by Crippen LogP contribution is -2.46. The van der Waals surface area contributed by atoms with Crippen LogP contribution in [0, 0.1) is 6.92 Å². The van der Waals surface area contributed by atoms with Crippen molar-refractivity contribution in [2.75, 3.05) is 42.9 Å². The van der Waals surface area contributed by atoms with Crippen LogP contribution < -0.4 is 10.2 Å². The van der Waals surface area contributed by atoms with Gasteiger partial charge in [0.25, 0.3) is 5.91 Å². The highest BCUT2D eigenvalue weighted by Crippen LogP contribution is 2.23. The minimum absolute atomic E-state index is 0.101. The Morgan fingerprint density at radius 3 is 2.62 bits per heavy atom. The number of piperazine rings is 1. The van der Waals surface area contributed by atoms with Crippen LogP contribution in [0.4, 0.5) is 11.4 Å². The molecule has 1 aliphatic heterocycles. The largest absolute Gasteiger partial charge is 0.368 e. The van der Waals surface area contributed by atoms with Crippen molar-refractivity contribution < 1.29 is 4.79 Å². The van der Waals surface area contributed by atoms with Gasteiger partial charge in [-0.15, -0.1) is 0 Å². The van der Waals surface area contributed by atoms with Crippen LogP contribution in [0.25, 0.3) is 0 Å². The number of anilines is 2. The van der Waals surface area contributed by atoms with Crippen molar-refractivity contribution >= 4 is 17.3 Å². The second-order valence-corrected chi connectivity index (χ2v) is 6.77. The van der Waals surface area contributed by atoms with Gasteiger partial charge in [0.1, 0.15) is 0 Å². The zero-order valence-corrected chi connectivity index (χ0v) is 16.0. The predicted molar refractivity (Wildman–Crippen MR) is 107 cm³/mol. The Kier molecular flexibility index (Phi) is 5.89. The maximum Gasteiger partial charge on any atom is 0.257 e. The number of benzene rings is 1. The summed E-state index contributed by atoms with van der Waals surface area (Å²) < 4.78 is 0. The van der Waals surface area contributed by atoms with Crippen LogP contribution in [0.2, 0.25) is 0 Å². The molecule has 3 rings (SSSR count). The van der Waals surface area contributed by atoms with Gasteiger partial charge in [0.15, 0.2) is 0 Å². The minimum atomic E-state index is -0.101. The summed E-state index contributed by atoms with van der Waals surface area (Å²) in [7, 11) is 0. The topological polar surface area (TPSA) is 48.5 Å². The number of pyridine rings is 1. The summed E-state index contributed by atoms with van der Waals surface area (Å²) >= 11 is 0. The number of nitrogens with one attached hydrogen (secondary N) is 1. The van der Waals surface area contributed by atoms with Crippen LogP contribution in [0.5, 0.6) is 0 Å². The third-order valence-corrected chi connectivity index (χ3v) is 5.15. The van der Waals surface area contributed by atoms with E-state index in [0.29, 0.717) is 5.56 Å². The third-order valence-electron chi connectivity index (χ3n) is 5.15. The van der Waals surface area contributed by atoms with Gasteiger partial charge in [0, 0.05) is 38.1 Å². The summed E-state index contributed by atoms with van der Waals surface area (Å²) in [4.78, 5) is 21.8. The Morgan fingerprint density at radius 1 is 1.15 bits per heavy atom. The zero-order chi connectivity index (χ0) is 18.5. The fourth-order valence-corrected chi connectivity index (χ4v) is 3.43. The number of hydrogen-bond donors (Lipinski definition) is 1. The first-order valence-corrected chi connectivity index (χ1v) is 9.44. The molecule has 1 aromatic heterocycles. The third kappa shape index (κ3) is 4.05. The second-order valence-electron chi connectivity index (χ2n) is 6.77. The molecule has 1 aliphatic rings. The number of aromatic nitrogens is 1. The summed E-state index contributed by atoms with van der Waals surface area (Å²) in [5.74, 6) is -0.101. The lowest BCUT2D eigenvalue weighted by molar-refractivity contribution is 0.102. The van der Waals surface area contributed by atoms with E-state index in [1.54, 1.807) is 6.20 Å². The van der Waals surface area contributed by atoms with Crippen molar-refractivity contribution in [1.29, 1.82) is 0 Å². The molecule has 0 atom stereocenters. The summed E-state index contributed by atoms with van der Waals surface area (Å²) in [6.07, 6.45) is 4.38. The number of carbonyl (C=O) groups is 1. The van der Waals surface area contributed by atoms with E-state index in [2.05, 4.69) is 40.0 Å². The number of carbonyl (C=O) groups excluding carboxylic acids is 1. The number of aryl methyl sites for hydroxylation is 2. The minimum Gasteiger partial charge on any atom is -0.368 e. The Morgan fingerprint density at radius 2 is 1.92 bits per heavy atom. The molecule has 0 unspecified atom stereocenters. The molecule has 138 valence electrons. The number of nitrogens with zero attached hydrogens (tertiary/aromatic N) is 3. The standard InChI is InChI=1S/C21H28N4O/c1-4-17-8-6-7-16(3)20(17)23-21(26)18-13-19(15-22-14-18)25-11-9-24(5-2)10-12-25/h6-8,13-15H,4-5,9-12H2,1-3H3,(H,23,26). The molecule has 1 amide bonds. The lowest BCUT2D eigenvalue weighted by atomic mass is 10.1. The van der Waals surface area contributed by atoms with Gasteiger partial charge in [0.05, 0.1) is 17.4 Å². The Hall–Kier alpha value is -2.40. The SMILES string of the molecule is CCc1cccc(C)c1NC(=O)c1cncc(N2CCN(CC)CC2)c1. The average molecular weight is 352 g/mol. The predicted octanol–water partition coefficient (Wildman–Crippen LogP) is 3.35. The van der Waals surface area contributed by atoms with E-state index in [1.165, 1.54) is 0 Å². The summed E-state index contributed by atoms with van der Waals surface area (Å²) in [5, 5.41) is 3.09. The molecule has 2 heterocycles. The van der Waals surface area contributed by atoms with E-state index < -0.39 is 0 Å². The first kappa shape index (κ1) is 18.4. The van der Waals surface area contributed by atoms with Crippen molar-refractivity contribution in [3.05, 3.63) is 53.3 Å². The first-order valence-electron chi connectivity index (χ1n) is 9.44. The molecule has 0 radical (unpaired) electrons. The van der Waals surface area contributed by atoms with Gasteiger partial charge in [-0.1, -0.05) is 32.0 Å². The van der Waals surface area contributed by atoms with E-state index in [4.69, 9.17) is 0 Å². The molecule has 1 N–H and O–H groups in total. The molecule has 0 saturated carbocycles. The molecule has 0 aliphatic carbocycles. The van der Waals surface area contributed by atoms with E-state index in [1.807, 2.05) is 31.3 Å². The van der Waals surface area contributed by atoms with Crippen LogP contribution in [0.3, 0.4) is 0 Å². The Bertz CT molecular complexity index is 766. The lowest BCUT2D eigenvalue weighted by Gasteiger charge is -2.35. The fraction of sp³-hybridized carbons (Fsp3) is 0.429. The van der Waals surface area contributed by atoms with Gasteiger partial charge >= 0.3 is 0 Å². The van der Waals surface area contributed by atoms with Crippen molar-refractivity contribution in [3.8, 4) is 0 Å². The monoisotopic (exact) mass is 352 g/mol. The van der Waals surface area contributed by atoms with Gasteiger partial charge in [-0.3, -0.25) is 9.78 Å². The number of para-hydroxylation sites is 1. The molecule has 26 heavy (non-hydrogen) atoms. The van der Waals surface area contributed by atoms with Gasteiger partial charge in [-0.2, -0.15) is 0 Å². The number of amides is 1. The molecule has 2 aromatic rings. The van der Waals surface area contributed by atoms with Crippen LogP contribution in [-0.4, -0.2) is 48.5 Å². The normalized spacial score (nSPS) is 15.1. The van der Waals surface area contributed by atoms with Crippen molar-refractivity contribution in [1.82, 2.24) is 9.88 Å². The van der Waals surface area contributed by atoms with E-state index >= 15 is 0 Å². The maximum atomic E-state index is 12.8. The van der Waals surface area contributed by atoms with Crippen LogP contribution >= 0.6 is 0 Å². The molecular weight excluding hydrogens is 324 g/mol. The first-order chi connectivity index (χ1) is 12.6.